The van der Waals surface area contributed by atoms with Crippen LogP contribution in [-0.2, 0) is 9.59 Å². The Labute approximate surface area is 120 Å². The fraction of sp³-hybridized carbons (Fsp3) is 0.833. The van der Waals surface area contributed by atoms with Crippen LogP contribution in [0.25, 0.3) is 0 Å². The number of aliphatic carboxylic acids is 1. The minimum absolute atomic E-state index is 0.0340. The highest BCUT2D eigenvalue weighted by molar-refractivity contribution is 5.75. The van der Waals surface area contributed by atoms with Gasteiger partial charge < -0.3 is 16.2 Å². The Morgan fingerprint density at radius 2 is 2.00 bits per heavy atom. The number of hydrogen-bond acceptors (Lipinski definition) is 4. The molecule has 4 N–H and O–H groups in total. The number of nitrogens with zero attached hydrogens (tertiary/aromatic N) is 1. The molecule has 0 radical (unpaired) electrons. The predicted octanol–water partition coefficient (Wildman–Crippen LogP) is 0.179. The molecule has 1 aliphatic heterocycles. The van der Waals surface area contributed by atoms with Crippen LogP contribution in [-0.4, -0.2) is 60.3 Å². The highest BCUT2D eigenvalue weighted by atomic mass is 19.4. The maximum absolute atomic E-state index is 12.2. The lowest BCUT2D eigenvalue weighted by atomic mass is 9.90. The Morgan fingerprint density at radius 1 is 1.33 bits per heavy atom. The zero-order valence-corrected chi connectivity index (χ0v) is 11.5. The van der Waals surface area contributed by atoms with E-state index in [4.69, 9.17) is 10.8 Å². The lowest BCUT2D eigenvalue weighted by molar-refractivity contribution is -0.137. The van der Waals surface area contributed by atoms with Gasteiger partial charge in [0.05, 0.1) is 13.1 Å². The number of hydrogen-bond donors (Lipinski definition) is 3. The van der Waals surface area contributed by atoms with Gasteiger partial charge in [0, 0.05) is 25.6 Å². The molecule has 1 saturated heterocycles. The number of carboxylic acid groups (broad SMARTS) is 1. The Kier molecular flexibility index (Phi) is 6.41. The fourth-order valence-corrected chi connectivity index (χ4v) is 2.60. The van der Waals surface area contributed by atoms with E-state index in [9.17, 15) is 22.8 Å². The topological polar surface area (TPSA) is 95.7 Å². The van der Waals surface area contributed by atoms with Gasteiger partial charge in [-0.3, -0.25) is 14.5 Å². The molecule has 0 aromatic carbocycles. The molecule has 1 rings (SSSR count). The van der Waals surface area contributed by atoms with Gasteiger partial charge >= 0.3 is 12.1 Å². The molecule has 1 aliphatic rings. The summed E-state index contributed by atoms with van der Waals surface area (Å²) in [5.41, 5.74) is 5.10. The third-order valence-electron chi connectivity index (χ3n) is 3.35. The molecule has 0 spiro atoms. The molecule has 6 nitrogen and oxygen atoms in total. The largest absolute Gasteiger partial charge is 0.481 e. The number of amides is 1. The van der Waals surface area contributed by atoms with E-state index in [0.717, 1.165) is 0 Å². The molecule has 0 aromatic rings. The summed E-state index contributed by atoms with van der Waals surface area (Å²) in [6.45, 7) is -0.371. The molecule has 1 fully saturated rings. The number of carbonyl (C=O) groups excluding carboxylic acids is 1. The van der Waals surface area contributed by atoms with Gasteiger partial charge in [0.2, 0.25) is 5.91 Å². The van der Waals surface area contributed by atoms with Crippen LogP contribution in [0.5, 0.6) is 0 Å². The van der Waals surface area contributed by atoms with Gasteiger partial charge in [0.25, 0.3) is 0 Å². The lowest BCUT2D eigenvalue weighted by Crippen LogP contribution is -2.52. The van der Waals surface area contributed by atoms with Crippen molar-refractivity contribution >= 4 is 11.9 Å². The third-order valence-corrected chi connectivity index (χ3v) is 3.35. The summed E-state index contributed by atoms with van der Waals surface area (Å²) < 4.78 is 36.7. The number of nitrogens with one attached hydrogen (secondary N) is 1. The van der Waals surface area contributed by atoms with E-state index in [1.54, 1.807) is 4.90 Å². The Balaban J connectivity index is 2.56. The first-order valence-electron chi connectivity index (χ1n) is 6.68. The summed E-state index contributed by atoms with van der Waals surface area (Å²) >= 11 is 0. The number of carboxylic acids is 1. The van der Waals surface area contributed by atoms with Crippen molar-refractivity contribution in [2.45, 2.75) is 31.5 Å². The Hall–Kier alpha value is -1.35. The van der Waals surface area contributed by atoms with Gasteiger partial charge in [0.1, 0.15) is 0 Å². The van der Waals surface area contributed by atoms with Crippen molar-refractivity contribution in [1.29, 1.82) is 0 Å². The summed E-state index contributed by atoms with van der Waals surface area (Å²) in [7, 11) is 0. The molecule has 0 bridgehead atoms. The number of piperidine rings is 1. The van der Waals surface area contributed by atoms with E-state index in [1.807, 2.05) is 0 Å². The second kappa shape index (κ2) is 7.60. The van der Waals surface area contributed by atoms with Crippen LogP contribution in [0.1, 0.15) is 19.3 Å². The maximum Gasteiger partial charge on any atom is 0.401 e. The van der Waals surface area contributed by atoms with Crippen molar-refractivity contribution in [3.63, 3.8) is 0 Å². The number of halogens is 3. The van der Waals surface area contributed by atoms with E-state index < -0.39 is 30.6 Å². The molecule has 0 aromatic heterocycles. The molecule has 122 valence electrons. The van der Waals surface area contributed by atoms with Gasteiger partial charge in [-0.2, -0.15) is 13.2 Å². The van der Waals surface area contributed by atoms with Crippen LogP contribution in [0, 0.1) is 5.92 Å². The number of nitrogens with two attached hydrogens (primary N) is 1. The fourth-order valence-electron chi connectivity index (χ4n) is 2.60. The van der Waals surface area contributed by atoms with E-state index in [0.29, 0.717) is 25.9 Å². The van der Waals surface area contributed by atoms with Crippen LogP contribution in [0.2, 0.25) is 0 Å². The third kappa shape index (κ3) is 7.86. The lowest BCUT2D eigenvalue weighted by Gasteiger charge is -2.37. The second-order valence-corrected chi connectivity index (χ2v) is 5.39. The SMILES string of the molecule is NC(=O)CN1CC(CCC(=O)O)CC(NCC(F)(F)F)C1. The van der Waals surface area contributed by atoms with Gasteiger partial charge in [0.15, 0.2) is 0 Å². The predicted molar refractivity (Wildman–Crippen MR) is 68.5 cm³/mol. The van der Waals surface area contributed by atoms with Gasteiger partial charge in [-0.15, -0.1) is 0 Å². The van der Waals surface area contributed by atoms with Crippen LogP contribution in [0.15, 0.2) is 0 Å². The minimum atomic E-state index is -4.30. The molecule has 21 heavy (non-hydrogen) atoms. The first-order valence-corrected chi connectivity index (χ1v) is 6.68. The number of alkyl halides is 3. The molecule has 0 saturated carbocycles. The van der Waals surface area contributed by atoms with E-state index in [2.05, 4.69) is 5.32 Å². The van der Waals surface area contributed by atoms with Gasteiger partial charge in [-0.05, 0) is 18.8 Å². The number of rotatable bonds is 7. The van der Waals surface area contributed by atoms with E-state index in [-0.39, 0.29) is 18.9 Å². The number of likely N-dealkylation sites (tertiary alicyclic amines) is 1. The standard InChI is InChI=1S/C12H20F3N3O3/c13-12(14,15)7-17-9-3-8(1-2-11(20)21)4-18(5-9)6-10(16)19/h8-9,17H,1-7H2,(H2,16,19)(H,20,21). The van der Waals surface area contributed by atoms with Crippen LogP contribution in [0.3, 0.4) is 0 Å². The molecular weight excluding hydrogens is 291 g/mol. The highest BCUT2D eigenvalue weighted by Gasteiger charge is 2.32. The summed E-state index contributed by atoms with van der Waals surface area (Å²) in [5, 5.41) is 11.1. The van der Waals surface area contributed by atoms with E-state index in [1.165, 1.54) is 0 Å². The van der Waals surface area contributed by atoms with Crippen molar-refractivity contribution in [3.8, 4) is 0 Å². The molecule has 0 aliphatic carbocycles. The average Bonchev–Trinajstić information content (AvgIpc) is 2.32. The molecule has 2 atom stereocenters. The van der Waals surface area contributed by atoms with Crippen LogP contribution >= 0.6 is 0 Å². The van der Waals surface area contributed by atoms with E-state index >= 15 is 0 Å². The monoisotopic (exact) mass is 311 g/mol. The normalized spacial score (nSPS) is 24.0. The van der Waals surface area contributed by atoms with Gasteiger partial charge in [-0.1, -0.05) is 0 Å². The highest BCUT2D eigenvalue weighted by Crippen LogP contribution is 2.22. The minimum Gasteiger partial charge on any atom is -0.481 e. The number of primary amides is 1. The summed E-state index contributed by atoms with van der Waals surface area (Å²) in [6.07, 6.45) is -3.52. The van der Waals surface area contributed by atoms with Crippen LogP contribution < -0.4 is 11.1 Å². The number of carbonyl (C=O) groups is 2. The zero-order valence-electron chi connectivity index (χ0n) is 11.5. The first kappa shape index (κ1) is 17.7. The van der Waals surface area contributed by atoms with Crippen molar-refractivity contribution in [2.24, 2.45) is 11.7 Å². The molecule has 2 unspecified atom stereocenters. The summed E-state index contributed by atoms with van der Waals surface area (Å²) in [4.78, 5) is 23.2. The molecule has 1 heterocycles. The molecular formula is C12H20F3N3O3. The second-order valence-electron chi connectivity index (χ2n) is 5.39. The Bertz CT molecular complexity index is 376. The van der Waals surface area contributed by atoms with Gasteiger partial charge in [-0.25, -0.2) is 0 Å². The smallest absolute Gasteiger partial charge is 0.401 e. The first-order chi connectivity index (χ1) is 9.65. The zero-order chi connectivity index (χ0) is 16.0. The molecule has 9 heteroatoms. The van der Waals surface area contributed by atoms with Crippen LogP contribution in [0.4, 0.5) is 13.2 Å². The maximum atomic E-state index is 12.2. The average molecular weight is 311 g/mol. The van der Waals surface area contributed by atoms with Crippen molar-refractivity contribution in [3.05, 3.63) is 0 Å². The summed E-state index contributed by atoms with van der Waals surface area (Å²) in [5.74, 6) is -1.56. The summed E-state index contributed by atoms with van der Waals surface area (Å²) in [6, 6.07) is -0.432. The van der Waals surface area contributed by atoms with Crippen molar-refractivity contribution < 1.29 is 27.9 Å². The molecule has 1 amide bonds. The Morgan fingerprint density at radius 3 is 2.52 bits per heavy atom. The van der Waals surface area contributed by atoms with Crippen molar-refractivity contribution in [2.75, 3.05) is 26.2 Å². The quantitative estimate of drug-likeness (QED) is 0.623. The van der Waals surface area contributed by atoms with Crippen molar-refractivity contribution in [1.82, 2.24) is 10.2 Å².